The first-order valence-corrected chi connectivity index (χ1v) is 12.7. The van der Waals surface area contributed by atoms with Crippen LogP contribution < -0.4 is 4.90 Å². The van der Waals surface area contributed by atoms with E-state index in [1.165, 1.54) is 12.7 Å². The van der Waals surface area contributed by atoms with E-state index in [9.17, 15) is 4.79 Å². The monoisotopic (exact) mass is 478 g/mol. The summed E-state index contributed by atoms with van der Waals surface area (Å²) in [4.78, 5) is 21.8. The first-order chi connectivity index (χ1) is 17.0. The molecule has 2 aromatic carbocycles. The van der Waals surface area contributed by atoms with Gasteiger partial charge in [0, 0.05) is 44.3 Å². The second kappa shape index (κ2) is 11.7. The Labute approximate surface area is 208 Å². The molecule has 0 N–H and O–H groups in total. The van der Waals surface area contributed by atoms with Gasteiger partial charge in [-0.25, -0.2) is 9.78 Å². The fraction of sp³-hybridized carbons (Fsp3) is 0.500. The summed E-state index contributed by atoms with van der Waals surface area (Å²) in [7, 11) is 3.58. The SMILES string of the molecule is CCOCCN(C)CCn1c(CCc2ccccc2)nc2c3c(ccc21)N(C(=O)OC)[C@@H](C)CC3. The first-order valence-electron chi connectivity index (χ1n) is 12.7. The van der Waals surface area contributed by atoms with E-state index in [0.29, 0.717) is 0 Å². The van der Waals surface area contributed by atoms with Gasteiger partial charge < -0.3 is 18.9 Å². The Balaban J connectivity index is 1.66. The lowest BCUT2D eigenvalue weighted by Crippen LogP contribution is -2.42. The standard InChI is InChI=1S/C28H38N4O3/c1-5-35-20-19-30(3)17-18-31-25-15-14-24-23(13-11-21(2)32(24)28(33)34-4)27(25)29-26(31)16-12-22-9-7-6-8-10-22/h6-10,14-15,21H,5,11-13,16-20H2,1-4H3/t21-/m0/s1. The van der Waals surface area contributed by atoms with Gasteiger partial charge in [0.2, 0.25) is 0 Å². The van der Waals surface area contributed by atoms with Crippen molar-refractivity contribution in [2.24, 2.45) is 0 Å². The average molecular weight is 479 g/mol. The highest BCUT2D eigenvalue weighted by Crippen LogP contribution is 2.36. The molecule has 3 aromatic rings. The van der Waals surface area contributed by atoms with Crippen molar-refractivity contribution in [1.29, 1.82) is 0 Å². The molecule has 0 saturated carbocycles. The van der Waals surface area contributed by atoms with Crippen molar-refractivity contribution in [3.05, 3.63) is 59.4 Å². The predicted molar refractivity (Wildman–Crippen MR) is 140 cm³/mol. The van der Waals surface area contributed by atoms with Crippen molar-refractivity contribution in [1.82, 2.24) is 14.5 Å². The molecule has 1 aliphatic heterocycles. The van der Waals surface area contributed by atoms with Gasteiger partial charge in [0.05, 0.1) is 30.4 Å². The van der Waals surface area contributed by atoms with Crippen LogP contribution in [-0.4, -0.2) is 67.0 Å². The molecule has 188 valence electrons. The van der Waals surface area contributed by atoms with Crippen molar-refractivity contribution in [3.8, 4) is 0 Å². The second-order valence-electron chi connectivity index (χ2n) is 9.32. The van der Waals surface area contributed by atoms with E-state index in [1.54, 1.807) is 4.90 Å². The third kappa shape index (κ3) is 5.68. The number of fused-ring (bicyclic) bond motifs is 3. The number of nitrogens with zero attached hydrogens (tertiary/aromatic N) is 4. The lowest BCUT2D eigenvalue weighted by Gasteiger charge is -2.34. The van der Waals surface area contributed by atoms with Gasteiger partial charge in [0.25, 0.3) is 0 Å². The zero-order valence-corrected chi connectivity index (χ0v) is 21.5. The van der Waals surface area contributed by atoms with Crippen LogP contribution in [0, 0.1) is 0 Å². The molecule has 1 amide bonds. The number of benzene rings is 2. The molecule has 1 atom stereocenters. The smallest absolute Gasteiger partial charge is 0.414 e. The molecule has 1 aromatic heterocycles. The summed E-state index contributed by atoms with van der Waals surface area (Å²) >= 11 is 0. The number of carbonyl (C=O) groups is 1. The maximum absolute atomic E-state index is 12.6. The molecule has 35 heavy (non-hydrogen) atoms. The van der Waals surface area contributed by atoms with Crippen LogP contribution in [0.4, 0.5) is 10.5 Å². The number of ether oxygens (including phenoxy) is 2. The Morgan fingerprint density at radius 2 is 1.94 bits per heavy atom. The van der Waals surface area contributed by atoms with Gasteiger partial charge in [0.1, 0.15) is 5.82 Å². The Bertz CT molecular complexity index is 1130. The van der Waals surface area contributed by atoms with E-state index in [0.717, 1.165) is 86.6 Å². The van der Waals surface area contributed by atoms with Crippen molar-refractivity contribution in [2.75, 3.05) is 45.4 Å². The number of rotatable bonds is 10. The number of hydrogen-bond donors (Lipinski definition) is 0. The van der Waals surface area contributed by atoms with Crippen molar-refractivity contribution in [2.45, 2.75) is 52.1 Å². The number of carbonyl (C=O) groups excluding carboxylic acids is 1. The van der Waals surface area contributed by atoms with E-state index in [1.807, 2.05) is 6.92 Å². The van der Waals surface area contributed by atoms with Gasteiger partial charge in [-0.2, -0.15) is 0 Å². The highest BCUT2D eigenvalue weighted by molar-refractivity contribution is 5.95. The zero-order valence-electron chi connectivity index (χ0n) is 21.5. The molecule has 2 heterocycles. The average Bonchev–Trinajstić information content (AvgIpc) is 3.24. The maximum Gasteiger partial charge on any atom is 0.414 e. The molecule has 0 saturated heterocycles. The van der Waals surface area contributed by atoms with E-state index in [2.05, 4.69) is 65.9 Å². The van der Waals surface area contributed by atoms with E-state index >= 15 is 0 Å². The Morgan fingerprint density at radius 3 is 2.69 bits per heavy atom. The fourth-order valence-electron chi connectivity index (χ4n) is 4.94. The van der Waals surface area contributed by atoms with Gasteiger partial charge >= 0.3 is 6.09 Å². The van der Waals surface area contributed by atoms with Crippen LogP contribution >= 0.6 is 0 Å². The number of anilines is 1. The van der Waals surface area contributed by atoms with Crippen LogP contribution in [0.1, 0.15) is 37.2 Å². The first kappa shape index (κ1) is 25.2. The Hall–Kier alpha value is -2.90. The third-order valence-electron chi connectivity index (χ3n) is 6.97. The van der Waals surface area contributed by atoms with Crippen LogP contribution in [0.15, 0.2) is 42.5 Å². The summed E-state index contributed by atoms with van der Waals surface area (Å²) in [6, 6.07) is 14.9. The lowest BCUT2D eigenvalue weighted by atomic mass is 9.96. The van der Waals surface area contributed by atoms with Crippen LogP contribution in [-0.2, 0) is 35.3 Å². The van der Waals surface area contributed by atoms with Crippen LogP contribution in [0.3, 0.4) is 0 Å². The van der Waals surface area contributed by atoms with Crippen molar-refractivity contribution >= 4 is 22.8 Å². The molecule has 0 bridgehead atoms. The molecule has 4 rings (SSSR count). The topological polar surface area (TPSA) is 59.8 Å². The largest absolute Gasteiger partial charge is 0.452 e. The molecule has 7 heteroatoms. The third-order valence-corrected chi connectivity index (χ3v) is 6.97. The number of likely N-dealkylation sites (N-methyl/N-ethyl adjacent to an activating group) is 1. The number of aromatic nitrogens is 2. The summed E-state index contributed by atoms with van der Waals surface area (Å²) in [6.45, 7) is 8.27. The maximum atomic E-state index is 12.6. The highest BCUT2D eigenvalue weighted by Gasteiger charge is 2.31. The summed E-state index contributed by atoms with van der Waals surface area (Å²) < 4.78 is 13.0. The molecule has 0 spiro atoms. The molecule has 7 nitrogen and oxygen atoms in total. The van der Waals surface area contributed by atoms with Crippen LogP contribution in [0.25, 0.3) is 11.0 Å². The molecule has 1 aliphatic rings. The number of hydrogen-bond acceptors (Lipinski definition) is 5. The van der Waals surface area contributed by atoms with Gasteiger partial charge in [-0.1, -0.05) is 30.3 Å². The van der Waals surface area contributed by atoms with Gasteiger partial charge in [-0.15, -0.1) is 0 Å². The minimum Gasteiger partial charge on any atom is -0.452 e. The number of methoxy groups -OCH3 is 1. The van der Waals surface area contributed by atoms with Crippen molar-refractivity contribution in [3.63, 3.8) is 0 Å². The minimum atomic E-state index is -0.308. The number of amides is 1. The van der Waals surface area contributed by atoms with Crippen LogP contribution in [0.5, 0.6) is 0 Å². The van der Waals surface area contributed by atoms with E-state index < -0.39 is 0 Å². The minimum absolute atomic E-state index is 0.103. The molecular weight excluding hydrogens is 440 g/mol. The van der Waals surface area contributed by atoms with Gasteiger partial charge in [-0.3, -0.25) is 4.90 Å². The normalized spacial score (nSPS) is 15.6. The Kier molecular flexibility index (Phi) is 8.42. The van der Waals surface area contributed by atoms with Crippen molar-refractivity contribution < 1.29 is 14.3 Å². The summed E-state index contributed by atoms with van der Waals surface area (Å²) in [5, 5.41) is 0. The lowest BCUT2D eigenvalue weighted by molar-refractivity contribution is 0.121. The number of aryl methyl sites for hydroxylation is 3. The molecule has 0 fully saturated rings. The predicted octanol–water partition coefficient (Wildman–Crippen LogP) is 4.70. The summed E-state index contributed by atoms with van der Waals surface area (Å²) in [6.07, 6.45) is 3.31. The summed E-state index contributed by atoms with van der Waals surface area (Å²) in [5.41, 5.74) is 5.55. The van der Waals surface area contributed by atoms with Gasteiger partial charge in [-0.05, 0) is 57.9 Å². The van der Waals surface area contributed by atoms with E-state index in [4.69, 9.17) is 14.5 Å². The molecular formula is C28H38N4O3. The van der Waals surface area contributed by atoms with Crippen LogP contribution in [0.2, 0.25) is 0 Å². The highest BCUT2D eigenvalue weighted by atomic mass is 16.5. The zero-order chi connectivity index (χ0) is 24.8. The molecule has 0 radical (unpaired) electrons. The second-order valence-corrected chi connectivity index (χ2v) is 9.32. The van der Waals surface area contributed by atoms with E-state index in [-0.39, 0.29) is 12.1 Å². The molecule has 0 unspecified atom stereocenters. The number of imidazole rings is 1. The Morgan fingerprint density at radius 1 is 1.14 bits per heavy atom. The summed E-state index contributed by atoms with van der Waals surface area (Å²) in [5.74, 6) is 1.10. The molecule has 0 aliphatic carbocycles. The van der Waals surface area contributed by atoms with Gasteiger partial charge in [0.15, 0.2) is 0 Å². The fourth-order valence-corrected chi connectivity index (χ4v) is 4.94. The quantitative estimate of drug-likeness (QED) is 0.396.